The highest BCUT2D eigenvalue weighted by molar-refractivity contribution is 7.92. The number of carbonyl (C=O) groups is 2. The van der Waals surface area contributed by atoms with E-state index in [-0.39, 0.29) is 17.3 Å². The predicted octanol–water partition coefficient (Wildman–Crippen LogP) is 5.14. The van der Waals surface area contributed by atoms with E-state index in [4.69, 9.17) is 0 Å². The molecule has 0 aliphatic carbocycles. The van der Waals surface area contributed by atoms with E-state index in [2.05, 4.69) is 5.32 Å². The van der Waals surface area contributed by atoms with Crippen LogP contribution in [0, 0.1) is 20.8 Å². The van der Waals surface area contributed by atoms with Gasteiger partial charge >= 0.3 is 0 Å². The second kappa shape index (κ2) is 13.4. The van der Waals surface area contributed by atoms with Gasteiger partial charge in [0.1, 0.15) is 12.6 Å². The molecule has 0 radical (unpaired) electrons. The van der Waals surface area contributed by atoms with Crippen molar-refractivity contribution in [2.75, 3.05) is 17.4 Å². The number of hydrogen-bond acceptors (Lipinski definition) is 4. The Kier molecular flexibility index (Phi) is 10.3. The number of amides is 2. The molecule has 0 aliphatic heterocycles. The van der Waals surface area contributed by atoms with Crippen LogP contribution in [-0.4, -0.2) is 44.3 Å². The molecular weight excluding hydrogens is 510 g/mol. The van der Waals surface area contributed by atoms with Gasteiger partial charge in [-0.1, -0.05) is 73.5 Å². The Hall–Kier alpha value is -3.65. The number of rotatable bonds is 12. The molecule has 1 N–H and O–H groups in total. The Morgan fingerprint density at radius 2 is 1.56 bits per heavy atom. The average Bonchev–Trinajstić information content (AvgIpc) is 2.92. The van der Waals surface area contributed by atoms with Gasteiger partial charge in [0.2, 0.25) is 11.8 Å². The average molecular weight is 550 g/mol. The lowest BCUT2D eigenvalue weighted by Crippen LogP contribution is -2.51. The minimum atomic E-state index is -4.09. The third-order valence-electron chi connectivity index (χ3n) is 6.93. The lowest BCUT2D eigenvalue weighted by Gasteiger charge is -2.32. The van der Waals surface area contributed by atoms with Crippen molar-refractivity contribution in [3.05, 3.63) is 95.1 Å². The van der Waals surface area contributed by atoms with E-state index in [0.29, 0.717) is 12.2 Å². The summed E-state index contributed by atoms with van der Waals surface area (Å²) in [6, 6.07) is 20.6. The van der Waals surface area contributed by atoms with Crippen LogP contribution in [0.3, 0.4) is 0 Å². The van der Waals surface area contributed by atoms with Crippen LogP contribution in [0.4, 0.5) is 5.69 Å². The van der Waals surface area contributed by atoms with Crippen molar-refractivity contribution >= 4 is 27.5 Å². The van der Waals surface area contributed by atoms with E-state index in [0.717, 1.165) is 35.1 Å². The molecule has 3 aromatic rings. The van der Waals surface area contributed by atoms with Gasteiger partial charge in [-0.05, 0) is 69.0 Å². The van der Waals surface area contributed by atoms with Gasteiger partial charge in [0.25, 0.3) is 10.0 Å². The molecule has 1 unspecified atom stereocenters. The SMILES string of the molecule is CCCCNC(=O)C(C)N(Cc1ccccc1)C(=O)CN(c1cccc(C)c1C)S(=O)(=O)c1ccc(C)cc1. The smallest absolute Gasteiger partial charge is 0.264 e. The van der Waals surface area contributed by atoms with Crippen LogP contribution >= 0.6 is 0 Å². The summed E-state index contributed by atoms with van der Waals surface area (Å²) in [7, 11) is -4.09. The molecule has 0 aliphatic rings. The third kappa shape index (κ3) is 7.47. The van der Waals surface area contributed by atoms with E-state index in [1.807, 2.05) is 64.1 Å². The first kappa shape index (κ1) is 29.9. The summed E-state index contributed by atoms with van der Waals surface area (Å²) in [5.74, 6) is -0.735. The number of nitrogens with zero attached hydrogens (tertiary/aromatic N) is 2. The fraction of sp³-hybridized carbons (Fsp3) is 0.355. The molecule has 0 bridgehead atoms. The maximum atomic E-state index is 14.0. The minimum absolute atomic E-state index is 0.0989. The summed E-state index contributed by atoms with van der Waals surface area (Å²) in [5, 5.41) is 2.90. The van der Waals surface area contributed by atoms with Crippen molar-refractivity contribution in [1.29, 1.82) is 0 Å². The first-order chi connectivity index (χ1) is 18.6. The molecule has 0 spiro atoms. The zero-order valence-electron chi connectivity index (χ0n) is 23.5. The largest absolute Gasteiger partial charge is 0.354 e. The molecule has 3 rings (SSSR count). The summed E-state index contributed by atoms with van der Waals surface area (Å²) in [6.07, 6.45) is 1.77. The number of hydrogen-bond donors (Lipinski definition) is 1. The Labute approximate surface area is 232 Å². The summed E-state index contributed by atoms with van der Waals surface area (Å²) in [5.41, 5.74) is 3.89. The van der Waals surface area contributed by atoms with Gasteiger partial charge in [-0.2, -0.15) is 0 Å². The molecule has 0 saturated heterocycles. The van der Waals surface area contributed by atoms with Crippen molar-refractivity contribution < 1.29 is 18.0 Å². The van der Waals surface area contributed by atoms with Crippen molar-refractivity contribution in [3.8, 4) is 0 Å². The van der Waals surface area contributed by atoms with Gasteiger partial charge in [-0.25, -0.2) is 8.42 Å². The molecule has 7 nitrogen and oxygen atoms in total. The van der Waals surface area contributed by atoms with Gasteiger partial charge < -0.3 is 10.2 Å². The Morgan fingerprint density at radius 1 is 0.897 bits per heavy atom. The Balaban J connectivity index is 2.03. The van der Waals surface area contributed by atoms with Crippen LogP contribution in [0.2, 0.25) is 0 Å². The maximum absolute atomic E-state index is 14.0. The van der Waals surface area contributed by atoms with E-state index < -0.39 is 28.5 Å². The Morgan fingerprint density at radius 3 is 2.21 bits per heavy atom. The second-order valence-corrected chi connectivity index (χ2v) is 11.7. The van der Waals surface area contributed by atoms with Crippen LogP contribution in [0.25, 0.3) is 0 Å². The van der Waals surface area contributed by atoms with Gasteiger partial charge in [0, 0.05) is 13.1 Å². The van der Waals surface area contributed by atoms with E-state index in [1.165, 1.54) is 9.21 Å². The molecule has 0 saturated carbocycles. The summed E-state index contributed by atoms with van der Waals surface area (Å²) in [4.78, 5) is 28.6. The van der Waals surface area contributed by atoms with Crippen LogP contribution in [-0.2, 0) is 26.2 Å². The molecule has 0 heterocycles. The Bertz CT molecular complexity index is 1370. The number of carbonyl (C=O) groups excluding carboxylic acids is 2. The normalized spacial score (nSPS) is 12.0. The molecule has 0 aromatic heterocycles. The monoisotopic (exact) mass is 549 g/mol. The summed E-state index contributed by atoms with van der Waals surface area (Å²) in [6.45, 7) is 9.60. The number of sulfonamides is 1. The fourth-order valence-corrected chi connectivity index (χ4v) is 5.73. The molecule has 1 atom stereocenters. The number of benzene rings is 3. The third-order valence-corrected chi connectivity index (χ3v) is 8.70. The molecule has 208 valence electrons. The first-order valence-electron chi connectivity index (χ1n) is 13.3. The lowest BCUT2D eigenvalue weighted by atomic mass is 10.1. The van der Waals surface area contributed by atoms with Crippen LogP contribution in [0.15, 0.2) is 77.7 Å². The highest BCUT2D eigenvalue weighted by atomic mass is 32.2. The first-order valence-corrected chi connectivity index (χ1v) is 14.8. The quantitative estimate of drug-likeness (QED) is 0.317. The van der Waals surface area contributed by atoms with Gasteiger partial charge in [-0.3, -0.25) is 13.9 Å². The standard InChI is InChI=1S/C31H39N3O4S/c1-6-7-20-32-31(36)26(5)33(21-27-13-9-8-10-14-27)30(35)22-34(29-15-11-12-24(3)25(29)4)39(37,38)28-18-16-23(2)17-19-28/h8-19,26H,6-7,20-22H2,1-5H3,(H,32,36). The number of unbranched alkanes of at least 4 members (excludes halogenated alkanes) is 1. The highest BCUT2D eigenvalue weighted by Crippen LogP contribution is 2.29. The van der Waals surface area contributed by atoms with Gasteiger partial charge in [-0.15, -0.1) is 0 Å². The number of aryl methyl sites for hydroxylation is 2. The number of nitrogens with one attached hydrogen (secondary N) is 1. The molecular formula is C31H39N3O4S. The fourth-order valence-electron chi connectivity index (χ4n) is 4.26. The van der Waals surface area contributed by atoms with E-state index in [1.54, 1.807) is 43.3 Å². The molecule has 0 fully saturated rings. The molecule has 39 heavy (non-hydrogen) atoms. The lowest BCUT2D eigenvalue weighted by molar-refractivity contribution is -0.139. The number of anilines is 1. The van der Waals surface area contributed by atoms with Crippen molar-refractivity contribution in [2.24, 2.45) is 0 Å². The maximum Gasteiger partial charge on any atom is 0.264 e. The van der Waals surface area contributed by atoms with Gasteiger partial charge in [0.05, 0.1) is 10.6 Å². The van der Waals surface area contributed by atoms with Crippen molar-refractivity contribution in [2.45, 2.75) is 64.9 Å². The van der Waals surface area contributed by atoms with Crippen LogP contribution < -0.4 is 9.62 Å². The van der Waals surface area contributed by atoms with Crippen molar-refractivity contribution in [1.82, 2.24) is 10.2 Å². The topological polar surface area (TPSA) is 86.8 Å². The van der Waals surface area contributed by atoms with Crippen LogP contribution in [0.5, 0.6) is 0 Å². The molecule has 3 aromatic carbocycles. The molecule has 8 heteroatoms. The van der Waals surface area contributed by atoms with Crippen molar-refractivity contribution in [3.63, 3.8) is 0 Å². The molecule has 2 amide bonds. The zero-order valence-corrected chi connectivity index (χ0v) is 24.3. The highest BCUT2D eigenvalue weighted by Gasteiger charge is 2.33. The van der Waals surface area contributed by atoms with Crippen LogP contribution in [0.1, 0.15) is 48.9 Å². The summed E-state index contributed by atoms with van der Waals surface area (Å²) < 4.78 is 29.1. The predicted molar refractivity (Wildman–Crippen MR) is 156 cm³/mol. The van der Waals surface area contributed by atoms with E-state index >= 15 is 0 Å². The van der Waals surface area contributed by atoms with Gasteiger partial charge in [0.15, 0.2) is 0 Å². The van der Waals surface area contributed by atoms with E-state index in [9.17, 15) is 18.0 Å². The zero-order chi connectivity index (χ0) is 28.6. The summed E-state index contributed by atoms with van der Waals surface area (Å²) >= 11 is 0. The minimum Gasteiger partial charge on any atom is -0.354 e. The second-order valence-electron chi connectivity index (χ2n) is 9.87.